The lowest BCUT2D eigenvalue weighted by Gasteiger charge is -2.38. The van der Waals surface area contributed by atoms with E-state index in [0.29, 0.717) is 24.0 Å². The second-order valence-corrected chi connectivity index (χ2v) is 9.84. The molecule has 0 N–H and O–H groups in total. The van der Waals surface area contributed by atoms with Gasteiger partial charge in [0.2, 0.25) is 5.82 Å². The van der Waals surface area contributed by atoms with Gasteiger partial charge in [-0.15, -0.1) is 0 Å². The lowest BCUT2D eigenvalue weighted by atomic mass is 9.67. The highest BCUT2D eigenvalue weighted by Crippen LogP contribution is 2.46. The van der Waals surface area contributed by atoms with Crippen LogP contribution in [0.2, 0.25) is 0 Å². The first-order valence-corrected chi connectivity index (χ1v) is 12.5. The largest absolute Gasteiger partial charge is 0.491 e. The first-order chi connectivity index (χ1) is 16.0. The Morgan fingerprint density at radius 3 is 1.94 bits per heavy atom. The van der Waals surface area contributed by atoms with Gasteiger partial charge in [0, 0.05) is 0 Å². The molecule has 0 radical (unpaired) electrons. The van der Waals surface area contributed by atoms with Crippen LogP contribution in [0, 0.1) is 23.5 Å². The van der Waals surface area contributed by atoms with Gasteiger partial charge in [0.25, 0.3) is 0 Å². The van der Waals surface area contributed by atoms with Gasteiger partial charge in [-0.2, -0.15) is 4.39 Å². The highest BCUT2D eigenvalue weighted by atomic mass is 19.2. The average molecular weight is 457 g/mol. The van der Waals surface area contributed by atoms with E-state index >= 15 is 0 Å². The Balaban J connectivity index is 1.29. The normalized spacial score (nSPS) is 26.3. The molecule has 0 heterocycles. The smallest absolute Gasteiger partial charge is 0.200 e. The Kier molecular flexibility index (Phi) is 7.82. The van der Waals surface area contributed by atoms with E-state index < -0.39 is 11.6 Å². The summed E-state index contributed by atoms with van der Waals surface area (Å²) in [6.07, 6.45) is 10.5. The van der Waals surface area contributed by atoms with E-state index in [1.807, 2.05) is 12.1 Å². The van der Waals surface area contributed by atoms with Gasteiger partial charge < -0.3 is 4.74 Å². The van der Waals surface area contributed by atoms with E-state index in [0.717, 1.165) is 37.2 Å². The van der Waals surface area contributed by atoms with E-state index in [1.165, 1.54) is 38.2 Å². The number of hydrogen-bond acceptors (Lipinski definition) is 1. The molecular formula is C29H35F3O. The summed E-state index contributed by atoms with van der Waals surface area (Å²) in [5.41, 5.74) is 2.78. The lowest BCUT2D eigenvalue weighted by molar-refractivity contribution is 0.176. The summed E-state index contributed by atoms with van der Waals surface area (Å²) in [4.78, 5) is 0. The molecule has 4 rings (SSSR count). The molecule has 0 bridgehead atoms. The predicted octanol–water partition coefficient (Wildman–Crippen LogP) is 8.94. The van der Waals surface area contributed by atoms with E-state index in [2.05, 4.69) is 12.1 Å². The van der Waals surface area contributed by atoms with E-state index in [1.54, 1.807) is 25.1 Å². The summed E-state index contributed by atoms with van der Waals surface area (Å²) in [5.74, 6) is 0.373. The zero-order valence-electron chi connectivity index (χ0n) is 19.8. The van der Waals surface area contributed by atoms with Crippen molar-refractivity contribution in [3.8, 4) is 5.75 Å². The molecule has 2 aliphatic carbocycles. The molecule has 2 fully saturated rings. The van der Waals surface area contributed by atoms with Crippen molar-refractivity contribution in [3.63, 3.8) is 0 Å². The predicted molar refractivity (Wildman–Crippen MR) is 128 cm³/mol. The summed E-state index contributed by atoms with van der Waals surface area (Å²) in [7, 11) is 0. The number of ether oxygens (including phenoxy) is 1. The average Bonchev–Trinajstić information content (AvgIpc) is 2.83. The Labute approximate surface area is 196 Å². The molecular weight excluding hydrogens is 421 g/mol. The zero-order valence-corrected chi connectivity index (χ0v) is 19.8. The monoisotopic (exact) mass is 456 g/mol. The molecule has 0 aromatic heterocycles. The summed E-state index contributed by atoms with van der Waals surface area (Å²) in [5, 5.41) is 0. The highest BCUT2D eigenvalue weighted by molar-refractivity contribution is 5.51. The van der Waals surface area contributed by atoms with Crippen molar-refractivity contribution in [3.05, 3.63) is 70.5 Å². The van der Waals surface area contributed by atoms with Crippen LogP contribution in [0.3, 0.4) is 0 Å². The molecule has 2 aromatic carbocycles. The SMILES string of the molecule is CCOc1ccc(C2CCC(C3CCC(c4ccc(C=C(C)F)cc4)CC3)CC2)c(F)c1F. The standard InChI is InChI=1S/C29H35F3O/c1-3-33-27-17-16-26(28(31)29(27)32)25-14-12-24(13-15-25)23-10-8-22(9-11-23)21-6-4-20(5-7-21)18-19(2)30/h4-7,16-18,22-25H,3,8-15H2,1-2H3. The summed E-state index contributed by atoms with van der Waals surface area (Å²) in [6.45, 7) is 3.56. The fourth-order valence-corrected chi connectivity index (χ4v) is 6.05. The number of hydrogen-bond donors (Lipinski definition) is 0. The third kappa shape index (κ3) is 5.65. The molecule has 0 unspecified atom stereocenters. The zero-order chi connectivity index (χ0) is 23.4. The van der Waals surface area contributed by atoms with Crippen molar-refractivity contribution < 1.29 is 17.9 Å². The molecule has 2 saturated carbocycles. The van der Waals surface area contributed by atoms with Gasteiger partial charge in [0.1, 0.15) is 0 Å². The van der Waals surface area contributed by atoms with Gasteiger partial charge in [0.15, 0.2) is 11.6 Å². The van der Waals surface area contributed by atoms with E-state index in [-0.39, 0.29) is 17.5 Å². The molecule has 0 atom stereocenters. The van der Waals surface area contributed by atoms with Gasteiger partial charge in [-0.1, -0.05) is 30.3 Å². The van der Waals surface area contributed by atoms with Gasteiger partial charge in [-0.05, 0) is 118 Å². The summed E-state index contributed by atoms with van der Waals surface area (Å²) in [6, 6.07) is 11.6. The number of rotatable bonds is 6. The molecule has 2 aliphatic rings. The molecule has 0 spiro atoms. The minimum absolute atomic E-state index is 0.00725. The van der Waals surface area contributed by atoms with Crippen LogP contribution < -0.4 is 4.74 Å². The molecule has 0 saturated heterocycles. The highest BCUT2D eigenvalue weighted by Gasteiger charge is 2.33. The van der Waals surface area contributed by atoms with Crippen LogP contribution in [-0.2, 0) is 0 Å². The number of allylic oxidation sites excluding steroid dienone is 1. The molecule has 178 valence electrons. The van der Waals surface area contributed by atoms with Crippen LogP contribution in [0.25, 0.3) is 6.08 Å². The number of halogens is 3. The molecule has 1 nitrogen and oxygen atoms in total. The molecule has 0 aliphatic heterocycles. The topological polar surface area (TPSA) is 9.23 Å². The first-order valence-electron chi connectivity index (χ1n) is 12.5. The third-order valence-electron chi connectivity index (χ3n) is 7.80. The summed E-state index contributed by atoms with van der Waals surface area (Å²) < 4.78 is 47.2. The Morgan fingerprint density at radius 1 is 0.818 bits per heavy atom. The van der Waals surface area contributed by atoms with Crippen LogP contribution in [0.4, 0.5) is 13.2 Å². The lowest BCUT2D eigenvalue weighted by Crippen LogP contribution is -2.25. The Hall–Kier alpha value is -2.23. The second kappa shape index (κ2) is 10.8. The van der Waals surface area contributed by atoms with Crippen LogP contribution >= 0.6 is 0 Å². The minimum atomic E-state index is -0.848. The van der Waals surface area contributed by atoms with E-state index in [4.69, 9.17) is 4.74 Å². The fraction of sp³-hybridized carbons (Fsp3) is 0.517. The molecule has 33 heavy (non-hydrogen) atoms. The first kappa shape index (κ1) is 23.9. The van der Waals surface area contributed by atoms with Gasteiger partial charge in [-0.25, -0.2) is 8.78 Å². The van der Waals surface area contributed by atoms with Crippen LogP contribution in [-0.4, -0.2) is 6.61 Å². The van der Waals surface area contributed by atoms with Crippen molar-refractivity contribution in [2.45, 2.75) is 77.0 Å². The molecule has 4 heteroatoms. The van der Waals surface area contributed by atoms with Crippen molar-refractivity contribution in [1.29, 1.82) is 0 Å². The molecule has 0 amide bonds. The van der Waals surface area contributed by atoms with Gasteiger partial charge >= 0.3 is 0 Å². The van der Waals surface area contributed by atoms with Crippen molar-refractivity contribution in [1.82, 2.24) is 0 Å². The Bertz CT molecular complexity index is 946. The maximum Gasteiger partial charge on any atom is 0.200 e. The van der Waals surface area contributed by atoms with Crippen LogP contribution in [0.15, 0.2) is 42.2 Å². The Morgan fingerprint density at radius 2 is 1.39 bits per heavy atom. The van der Waals surface area contributed by atoms with Crippen molar-refractivity contribution in [2.24, 2.45) is 11.8 Å². The number of benzene rings is 2. The maximum absolute atomic E-state index is 14.6. The minimum Gasteiger partial charge on any atom is -0.491 e. The van der Waals surface area contributed by atoms with Crippen molar-refractivity contribution >= 4 is 6.08 Å². The quantitative estimate of drug-likeness (QED) is 0.421. The van der Waals surface area contributed by atoms with E-state index in [9.17, 15) is 13.2 Å². The van der Waals surface area contributed by atoms with Crippen molar-refractivity contribution in [2.75, 3.05) is 6.61 Å². The maximum atomic E-state index is 14.6. The second-order valence-electron chi connectivity index (χ2n) is 9.84. The molecule has 2 aromatic rings. The van der Waals surface area contributed by atoms with Crippen LogP contribution in [0.1, 0.15) is 93.7 Å². The fourth-order valence-electron chi connectivity index (χ4n) is 6.05. The summed E-state index contributed by atoms with van der Waals surface area (Å²) >= 11 is 0. The third-order valence-corrected chi connectivity index (χ3v) is 7.80. The van der Waals surface area contributed by atoms with Crippen LogP contribution in [0.5, 0.6) is 5.75 Å². The van der Waals surface area contributed by atoms with Gasteiger partial charge in [0.05, 0.1) is 12.4 Å². The van der Waals surface area contributed by atoms with Gasteiger partial charge in [-0.3, -0.25) is 0 Å².